The molecule has 3 N–H and O–H groups in total. The Hall–Kier alpha value is -0.860. The number of nitrogens with two attached hydrogens (primary N) is 1. The fraction of sp³-hybridized carbons (Fsp3) is 0.562. The minimum Gasteiger partial charge on any atom is -0.379 e. The fourth-order valence-corrected chi connectivity index (χ4v) is 2.33. The van der Waals surface area contributed by atoms with Gasteiger partial charge in [0.05, 0.1) is 13.2 Å². The van der Waals surface area contributed by atoms with E-state index in [1.54, 1.807) is 0 Å². The maximum Gasteiger partial charge on any atom is 0.193 e. The summed E-state index contributed by atoms with van der Waals surface area (Å²) in [6.07, 6.45) is 2.07. The highest BCUT2D eigenvalue weighted by molar-refractivity contribution is 14.0. The van der Waals surface area contributed by atoms with E-state index in [0.29, 0.717) is 5.96 Å². The zero-order valence-corrected chi connectivity index (χ0v) is 15.6. The molecule has 1 aromatic rings. The second kappa shape index (κ2) is 10.8. The van der Waals surface area contributed by atoms with E-state index in [0.717, 1.165) is 57.9 Å². The third-order valence-corrected chi connectivity index (χ3v) is 3.65. The van der Waals surface area contributed by atoms with Gasteiger partial charge >= 0.3 is 0 Å². The van der Waals surface area contributed by atoms with Crippen LogP contribution >= 0.6 is 24.0 Å². The van der Waals surface area contributed by atoms with Crippen LogP contribution in [0, 0.1) is 0 Å². The van der Waals surface area contributed by atoms with Crippen LogP contribution in [0.3, 0.4) is 0 Å². The number of nitrogens with one attached hydrogen (secondary N) is 1. The number of guanidine groups is 1. The lowest BCUT2D eigenvalue weighted by molar-refractivity contribution is 0.0377. The molecule has 0 spiro atoms. The van der Waals surface area contributed by atoms with Crippen LogP contribution in [0.15, 0.2) is 29.3 Å². The van der Waals surface area contributed by atoms with Crippen molar-refractivity contribution in [3.63, 3.8) is 0 Å². The van der Waals surface area contributed by atoms with E-state index in [9.17, 15) is 0 Å². The molecule has 6 heteroatoms. The predicted molar refractivity (Wildman–Crippen MR) is 103 cm³/mol. The molecule has 22 heavy (non-hydrogen) atoms. The van der Waals surface area contributed by atoms with Gasteiger partial charge in [-0.1, -0.05) is 19.1 Å². The summed E-state index contributed by atoms with van der Waals surface area (Å²) in [5.41, 5.74) is 8.21. The van der Waals surface area contributed by atoms with Gasteiger partial charge in [0.25, 0.3) is 0 Å². The number of aryl methyl sites for hydroxylation is 1. The van der Waals surface area contributed by atoms with E-state index >= 15 is 0 Å². The average Bonchev–Trinajstić information content (AvgIpc) is 2.53. The first-order chi connectivity index (χ1) is 10.3. The van der Waals surface area contributed by atoms with E-state index < -0.39 is 0 Å². The van der Waals surface area contributed by atoms with E-state index in [1.165, 1.54) is 5.56 Å². The number of nitrogens with zero attached hydrogens (tertiary/aromatic N) is 2. The molecule has 0 radical (unpaired) electrons. The second-order valence-corrected chi connectivity index (χ2v) is 5.25. The molecule has 0 amide bonds. The number of hydrogen-bond acceptors (Lipinski definition) is 3. The zero-order valence-electron chi connectivity index (χ0n) is 13.3. The van der Waals surface area contributed by atoms with E-state index in [2.05, 4.69) is 34.3 Å². The summed E-state index contributed by atoms with van der Waals surface area (Å²) in [4.78, 5) is 6.78. The van der Waals surface area contributed by atoms with Crippen LogP contribution in [-0.4, -0.2) is 50.3 Å². The molecule has 2 rings (SSSR count). The molecule has 1 heterocycles. The molecule has 0 aromatic heterocycles. The average molecular weight is 418 g/mol. The molecular weight excluding hydrogens is 391 g/mol. The Bertz CT molecular complexity index is 444. The van der Waals surface area contributed by atoms with Crippen LogP contribution in [0.25, 0.3) is 0 Å². The number of halogens is 1. The zero-order chi connectivity index (χ0) is 14.9. The Balaban J connectivity index is 0.00000242. The van der Waals surface area contributed by atoms with Gasteiger partial charge in [0.2, 0.25) is 0 Å². The molecule has 0 bridgehead atoms. The summed E-state index contributed by atoms with van der Waals surface area (Å²) in [7, 11) is 0. The minimum absolute atomic E-state index is 0. The Labute approximate surface area is 150 Å². The first-order valence-electron chi connectivity index (χ1n) is 7.74. The van der Waals surface area contributed by atoms with Gasteiger partial charge in [-0.3, -0.25) is 9.89 Å². The topological polar surface area (TPSA) is 62.9 Å². The number of anilines is 1. The summed E-state index contributed by atoms with van der Waals surface area (Å²) in [5, 5.41) is 3.13. The smallest absolute Gasteiger partial charge is 0.193 e. The maximum absolute atomic E-state index is 5.90. The summed E-state index contributed by atoms with van der Waals surface area (Å²) >= 11 is 0. The lowest BCUT2D eigenvalue weighted by atomic mass is 10.1. The molecule has 124 valence electrons. The number of rotatable bonds is 6. The molecule has 0 unspecified atom stereocenters. The molecule has 5 nitrogen and oxygen atoms in total. The highest BCUT2D eigenvalue weighted by Crippen LogP contribution is 2.09. The molecule has 1 aliphatic rings. The number of ether oxygens (including phenoxy) is 1. The third-order valence-electron chi connectivity index (χ3n) is 3.65. The molecule has 1 aliphatic heterocycles. The number of aliphatic imine (C=N–C) groups is 1. The molecule has 0 saturated carbocycles. The van der Waals surface area contributed by atoms with Crippen molar-refractivity contribution in [3.8, 4) is 0 Å². The standard InChI is InChI=1S/C16H26N4O.HI/c1-2-14-4-6-15(7-5-14)19-16(17)18-8-3-9-20-10-12-21-13-11-20;/h4-7H,2-3,8-13H2,1H3,(H3,17,18,19);1H. The van der Waals surface area contributed by atoms with Crippen molar-refractivity contribution in [3.05, 3.63) is 29.8 Å². The number of hydrogen-bond donors (Lipinski definition) is 2. The van der Waals surface area contributed by atoms with Crippen molar-refractivity contribution in [1.82, 2.24) is 4.90 Å². The summed E-state index contributed by atoms with van der Waals surface area (Å²) in [6.45, 7) is 7.71. The summed E-state index contributed by atoms with van der Waals surface area (Å²) in [6, 6.07) is 8.28. The van der Waals surface area contributed by atoms with Crippen LogP contribution in [-0.2, 0) is 11.2 Å². The number of morpholine rings is 1. The first kappa shape index (κ1) is 19.2. The highest BCUT2D eigenvalue weighted by Gasteiger charge is 2.08. The monoisotopic (exact) mass is 418 g/mol. The lowest BCUT2D eigenvalue weighted by Gasteiger charge is -2.26. The van der Waals surface area contributed by atoms with Crippen LogP contribution in [0.1, 0.15) is 18.9 Å². The molecule has 1 aromatic carbocycles. The van der Waals surface area contributed by atoms with E-state index in [-0.39, 0.29) is 24.0 Å². The third kappa shape index (κ3) is 6.93. The van der Waals surface area contributed by atoms with Crippen LogP contribution in [0.2, 0.25) is 0 Å². The summed E-state index contributed by atoms with van der Waals surface area (Å²) in [5.74, 6) is 0.487. The van der Waals surface area contributed by atoms with Crippen molar-refractivity contribution in [2.24, 2.45) is 10.7 Å². The molecule has 0 atom stereocenters. The van der Waals surface area contributed by atoms with Crippen molar-refractivity contribution in [2.75, 3.05) is 44.7 Å². The Morgan fingerprint density at radius 1 is 1.27 bits per heavy atom. The van der Waals surface area contributed by atoms with Crippen molar-refractivity contribution in [1.29, 1.82) is 0 Å². The summed E-state index contributed by atoms with van der Waals surface area (Å²) < 4.78 is 5.33. The fourth-order valence-electron chi connectivity index (χ4n) is 2.33. The molecular formula is C16H27IN4O. The Kier molecular flexibility index (Phi) is 9.42. The lowest BCUT2D eigenvalue weighted by Crippen LogP contribution is -2.37. The van der Waals surface area contributed by atoms with Gasteiger partial charge in [-0.2, -0.15) is 0 Å². The van der Waals surface area contributed by atoms with Gasteiger partial charge in [-0.25, -0.2) is 0 Å². The van der Waals surface area contributed by atoms with Gasteiger partial charge in [0.1, 0.15) is 0 Å². The van der Waals surface area contributed by atoms with E-state index in [4.69, 9.17) is 10.5 Å². The van der Waals surface area contributed by atoms with Gasteiger partial charge in [-0.05, 0) is 30.5 Å². The van der Waals surface area contributed by atoms with Gasteiger partial charge in [0.15, 0.2) is 5.96 Å². The van der Waals surface area contributed by atoms with E-state index in [1.807, 2.05) is 12.1 Å². The minimum atomic E-state index is 0. The molecule has 1 fully saturated rings. The quantitative estimate of drug-likeness (QED) is 0.322. The second-order valence-electron chi connectivity index (χ2n) is 5.25. The highest BCUT2D eigenvalue weighted by atomic mass is 127. The predicted octanol–water partition coefficient (Wildman–Crippen LogP) is 2.32. The Morgan fingerprint density at radius 3 is 2.59 bits per heavy atom. The maximum atomic E-state index is 5.90. The largest absolute Gasteiger partial charge is 0.379 e. The van der Waals surface area contributed by atoms with Crippen molar-refractivity contribution >= 4 is 35.6 Å². The van der Waals surface area contributed by atoms with Crippen LogP contribution in [0.4, 0.5) is 5.69 Å². The van der Waals surface area contributed by atoms with Crippen molar-refractivity contribution in [2.45, 2.75) is 19.8 Å². The van der Waals surface area contributed by atoms with Gasteiger partial charge in [0, 0.05) is 31.9 Å². The van der Waals surface area contributed by atoms with Gasteiger partial charge in [-0.15, -0.1) is 24.0 Å². The van der Waals surface area contributed by atoms with Crippen LogP contribution in [0.5, 0.6) is 0 Å². The van der Waals surface area contributed by atoms with Gasteiger partial charge < -0.3 is 15.8 Å². The SMILES string of the molecule is CCc1ccc(NC(N)=NCCCN2CCOCC2)cc1.I. The Morgan fingerprint density at radius 2 is 1.95 bits per heavy atom. The van der Waals surface area contributed by atoms with Crippen LogP contribution < -0.4 is 11.1 Å². The first-order valence-corrected chi connectivity index (χ1v) is 7.74. The molecule has 0 aliphatic carbocycles. The normalized spacial score (nSPS) is 16.1. The van der Waals surface area contributed by atoms with Crippen molar-refractivity contribution < 1.29 is 4.74 Å². The molecule has 1 saturated heterocycles. The number of benzene rings is 1.